The number of carbonyl (C=O) groups excluding carboxylic acids is 1. The summed E-state index contributed by atoms with van der Waals surface area (Å²) in [6.07, 6.45) is 1.38. The number of benzene rings is 2. The summed E-state index contributed by atoms with van der Waals surface area (Å²) in [5, 5.41) is 13.4. The van der Waals surface area contributed by atoms with Gasteiger partial charge in [0.1, 0.15) is 6.26 Å². The summed E-state index contributed by atoms with van der Waals surface area (Å²) < 4.78 is 32.1. The first-order valence-corrected chi connectivity index (χ1v) is 10.3. The van der Waals surface area contributed by atoms with Gasteiger partial charge in [-0.25, -0.2) is 18.1 Å². The van der Waals surface area contributed by atoms with E-state index in [1.54, 1.807) is 0 Å². The Labute approximate surface area is 172 Å². The minimum absolute atomic E-state index is 0.0199. The molecule has 0 saturated heterocycles. The monoisotopic (exact) mass is 430 g/mol. The van der Waals surface area contributed by atoms with Gasteiger partial charge < -0.3 is 9.73 Å². The van der Waals surface area contributed by atoms with Crippen molar-refractivity contribution < 1.29 is 22.6 Å². The largest absolute Gasteiger partial charge is 0.444 e. The quantitative estimate of drug-likeness (QED) is 0.299. The molecule has 0 aliphatic carbocycles. The predicted octanol–water partition coefficient (Wildman–Crippen LogP) is 1.89. The van der Waals surface area contributed by atoms with Crippen molar-refractivity contribution in [2.24, 2.45) is 0 Å². The molecule has 10 nitrogen and oxygen atoms in total. The zero-order chi connectivity index (χ0) is 21.6. The Balaban J connectivity index is 1.47. The molecular formula is C19H18N4O6S. The van der Waals surface area contributed by atoms with Crippen molar-refractivity contribution in [3.05, 3.63) is 76.7 Å². The highest BCUT2D eigenvalue weighted by atomic mass is 32.2. The van der Waals surface area contributed by atoms with E-state index in [9.17, 15) is 23.3 Å². The van der Waals surface area contributed by atoms with Gasteiger partial charge in [0.2, 0.25) is 21.8 Å². The summed E-state index contributed by atoms with van der Waals surface area (Å²) in [5.74, 6) is 0.0561. The van der Waals surface area contributed by atoms with Crippen molar-refractivity contribution in [1.82, 2.24) is 15.0 Å². The minimum Gasteiger partial charge on any atom is -0.444 e. The summed E-state index contributed by atoms with van der Waals surface area (Å²) >= 11 is 0. The number of nitro benzene ring substituents is 1. The smallest absolute Gasteiger partial charge is 0.270 e. The standard InChI is InChI=1S/C19H18N4O6S/c24-18(11-15-13-29-19(22-15)14-5-2-1-3-6-14)20-9-10-21-30(27,28)17-8-4-7-16(12-17)23(25)26/h1-8,12-13,21H,9-11H2,(H,20,24). The van der Waals surface area contributed by atoms with Crippen LogP contribution < -0.4 is 10.0 Å². The van der Waals surface area contributed by atoms with Crippen LogP contribution >= 0.6 is 0 Å². The lowest BCUT2D eigenvalue weighted by Crippen LogP contribution is -2.35. The maximum absolute atomic E-state index is 12.2. The molecule has 3 rings (SSSR count). The third-order valence-electron chi connectivity index (χ3n) is 3.99. The molecule has 0 atom stereocenters. The van der Waals surface area contributed by atoms with Gasteiger partial charge in [0.25, 0.3) is 5.69 Å². The Morgan fingerprint density at radius 2 is 1.87 bits per heavy atom. The summed E-state index contributed by atoms with van der Waals surface area (Å²) in [5.41, 5.74) is 0.914. The summed E-state index contributed by atoms with van der Waals surface area (Å²) in [6, 6.07) is 13.9. The first-order chi connectivity index (χ1) is 14.3. The molecular weight excluding hydrogens is 412 g/mol. The number of aromatic nitrogens is 1. The lowest BCUT2D eigenvalue weighted by molar-refractivity contribution is -0.385. The van der Waals surface area contributed by atoms with Crippen LogP contribution in [0.3, 0.4) is 0 Å². The highest BCUT2D eigenvalue weighted by Crippen LogP contribution is 2.18. The van der Waals surface area contributed by atoms with Crippen LogP contribution in [0.5, 0.6) is 0 Å². The first-order valence-electron chi connectivity index (χ1n) is 8.86. The molecule has 2 aromatic carbocycles. The molecule has 0 unspecified atom stereocenters. The van der Waals surface area contributed by atoms with Crippen molar-refractivity contribution in [2.45, 2.75) is 11.3 Å². The second-order valence-electron chi connectivity index (χ2n) is 6.19. The number of carbonyl (C=O) groups is 1. The molecule has 0 aliphatic heterocycles. The number of sulfonamides is 1. The maximum atomic E-state index is 12.2. The van der Waals surface area contributed by atoms with E-state index >= 15 is 0 Å². The van der Waals surface area contributed by atoms with Crippen LogP contribution in [0.25, 0.3) is 11.5 Å². The highest BCUT2D eigenvalue weighted by molar-refractivity contribution is 7.89. The minimum atomic E-state index is -3.93. The molecule has 1 heterocycles. The fraction of sp³-hybridized carbons (Fsp3) is 0.158. The fourth-order valence-corrected chi connectivity index (χ4v) is 3.63. The van der Waals surface area contributed by atoms with Crippen LogP contribution in [-0.4, -0.2) is 37.3 Å². The Morgan fingerprint density at radius 1 is 1.10 bits per heavy atom. The van der Waals surface area contributed by atoms with E-state index in [0.717, 1.165) is 11.6 Å². The van der Waals surface area contributed by atoms with Crippen LogP contribution in [0.2, 0.25) is 0 Å². The molecule has 1 amide bonds. The SMILES string of the molecule is O=C(Cc1coc(-c2ccccc2)n1)NCCNS(=O)(=O)c1cccc([N+](=O)[O-])c1. The molecule has 0 bridgehead atoms. The molecule has 2 N–H and O–H groups in total. The van der Waals surface area contributed by atoms with Gasteiger partial charge in [0.15, 0.2) is 0 Å². The molecule has 156 valence electrons. The second kappa shape index (κ2) is 9.29. The van der Waals surface area contributed by atoms with Crippen molar-refractivity contribution in [1.29, 1.82) is 0 Å². The van der Waals surface area contributed by atoms with Gasteiger partial charge in [-0.15, -0.1) is 0 Å². The number of nitrogens with zero attached hydrogens (tertiary/aromatic N) is 2. The van der Waals surface area contributed by atoms with Crippen LogP contribution in [0, 0.1) is 10.1 Å². The van der Waals surface area contributed by atoms with Crippen LogP contribution in [0.15, 0.2) is 70.2 Å². The number of nitrogens with one attached hydrogen (secondary N) is 2. The van der Waals surface area contributed by atoms with Crippen LogP contribution in [0.4, 0.5) is 5.69 Å². The van der Waals surface area contributed by atoms with E-state index in [1.165, 1.54) is 24.5 Å². The van der Waals surface area contributed by atoms with Crippen molar-refractivity contribution >= 4 is 21.6 Å². The van der Waals surface area contributed by atoms with E-state index in [4.69, 9.17) is 4.42 Å². The van der Waals surface area contributed by atoms with E-state index in [2.05, 4.69) is 15.0 Å². The van der Waals surface area contributed by atoms with Crippen LogP contribution in [0.1, 0.15) is 5.69 Å². The molecule has 3 aromatic rings. The van der Waals surface area contributed by atoms with Gasteiger partial charge in [-0.3, -0.25) is 14.9 Å². The average molecular weight is 430 g/mol. The Bertz CT molecular complexity index is 1140. The molecule has 0 saturated carbocycles. The predicted molar refractivity (Wildman–Crippen MR) is 107 cm³/mol. The lowest BCUT2D eigenvalue weighted by atomic mass is 10.2. The summed E-state index contributed by atoms with van der Waals surface area (Å²) in [6.45, 7) is -0.0404. The van der Waals surface area contributed by atoms with Crippen LogP contribution in [-0.2, 0) is 21.2 Å². The maximum Gasteiger partial charge on any atom is 0.270 e. The number of non-ortho nitro benzene ring substituents is 1. The van der Waals surface area contributed by atoms with Crippen molar-refractivity contribution in [3.63, 3.8) is 0 Å². The van der Waals surface area contributed by atoms with E-state index < -0.39 is 14.9 Å². The molecule has 0 fully saturated rings. The highest BCUT2D eigenvalue weighted by Gasteiger charge is 2.17. The normalized spacial score (nSPS) is 11.2. The number of hydrogen-bond acceptors (Lipinski definition) is 7. The third kappa shape index (κ3) is 5.49. The molecule has 11 heteroatoms. The summed E-state index contributed by atoms with van der Waals surface area (Å²) in [7, 11) is -3.93. The zero-order valence-electron chi connectivity index (χ0n) is 15.6. The molecule has 1 aromatic heterocycles. The molecule has 0 radical (unpaired) electrons. The van der Waals surface area contributed by atoms with Crippen molar-refractivity contribution in [2.75, 3.05) is 13.1 Å². The van der Waals surface area contributed by atoms with E-state index in [1.807, 2.05) is 30.3 Å². The van der Waals surface area contributed by atoms with E-state index in [0.29, 0.717) is 11.6 Å². The summed E-state index contributed by atoms with van der Waals surface area (Å²) in [4.78, 5) is 26.2. The molecule has 0 spiro atoms. The number of oxazole rings is 1. The fourth-order valence-electron chi connectivity index (χ4n) is 2.56. The topological polar surface area (TPSA) is 144 Å². The average Bonchev–Trinajstić information content (AvgIpc) is 3.20. The van der Waals surface area contributed by atoms with E-state index in [-0.39, 0.29) is 36.0 Å². The number of amides is 1. The van der Waals surface area contributed by atoms with Gasteiger partial charge in [0.05, 0.1) is 21.9 Å². The lowest BCUT2D eigenvalue weighted by Gasteiger charge is -2.07. The number of nitro groups is 1. The number of hydrogen-bond donors (Lipinski definition) is 2. The van der Waals surface area contributed by atoms with Gasteiger partial charge >= 0.3 is 0 Å². The second-order valence-corrected chi connectivity index (χ2v) is 7.96. The Hall–Kier alpha value is -3.57. The van der Waals surface area contributed by atoms with Gasteiger partial charge in [0, 0.05) is 30.8 Å². The zero-order valence-corrected chi connectivity index (χ0v) is 16.5. The van der Waals surface area contributed by atoms with Crippen molar-refractivity contribution in [3.8, 4) is 11.5 Å². The molecule has 0 aliphatic rings. The van der Waals surface area contributed by atoms with Gasteiger partial charge in [-0.05, 0) is 18.2 Å². The Kier molecular flexibility index (Phi) is 6.54. The first kappa shape index (κ1) is 21.1. The Morgan fingerprint density at radius 3 is 2.60 bits per heavy atom. The third-order valence-corrected chi connectivity index (χ3v) is 5.45. The molecule has 30 heavy (non-hydrogen) atoms. The van der Waals surface area contributed by atoms with Gasteiger partial charge in [-0.2, -0.15) is 0 Å². The van der Waals surface area contributed by atoms with Gasteiger partial charge in [-0.1, -0.05) is 24.3 Å². The number of rotatable bonds is 9.